The molecule has 2 aliphatic rings. The Morgan fingerprint density at radius 3 is 2.33 bits per heavy atom. The van der Waals surface area contributed by atoms with E-state index in [0.717, 1.165) is 38.9 Å². The third-order valence-electron chi connectivity index (χ3n) is 5.04. The van der Waals surface area contributed by atoms with Crippen molar-refractivity contribution in [3.05, 3.63) is 0 Å². The van der Waals surface area contributed by atoms with Crippen molar-refractivity contribution < 1.29 is 4.79 Å². The number of hydrogen-bond donors (Lipinski definition) is 0. The molecule has 0 aliphatic carbocycles. The second-order valence-electron chi connectivity index (χ2n) is 6.20. The first kappa shape index (κ1) is 17.1. The van der Waals surface area contributed by atoms with Gasteiger partial charge in [0.2, 0.25) is 5.91 Å². The Labute approximate surface area is 134 Å². The van der Waals surface area contributed by atoms with Gasteiger partial charge in [0.25, 0.3) is 0 Å². The standard InChI is InChI=1S/C16H31N3OS/c1-4-15(17(3)5-2)16(20)19-8-6-14(7-9-19)18-10-12-21-13-11-18/h14-15H,4-13H2,1-3H3. The molecule has 1 unspecified atom stereocenters. The molecule has 1 amide bonds. The number of rotatable bonds is 5. The van der Waals surface area contributed by atoms with Crippen LogP contribution >= 0.6 is 11.8 Å². The van der Waals surface area contributed by atoms with Crippen LogP contribution < -0.4 is 0 Å². The van der Waals surface area contributed by atoms with Gasteiger partial charge in [0.05, 0.1) is 6.04 Å². The molecule has 0 aromatic carbocycles. The first-order valence-electron chi connectivity index (χ1n) is 8.48. The lowest BCUT2D eigenvalue weighted by molar-refractivity contribution is -0.138. The van der Waals surface area contributed by atoms with Crippen LogP contribution in [-0.4, -0.2) is 84.0 Å². The largest absolute Gasteiger partial charge is 0.341 e. The highest BCUT2D eigenvalue weighted by molar-refractivity contribution is 7.99. The lowest BCUT2D eigenvalue weighted by atomic mass is 10.0. The van der Waals surface area contributed by atoms with Gasteiger partial charge in [0, 0.05) is 43.7 Å². The minimum Gasteiger partial charge on any atom is -0.341 e. The zero-order valence-corrected chi connectivity index (χ0v) is 14.7. The van der Waals surface area contributed by atoms with Gasteiger partial charge in [-0.1, -0.05) is 13.8 Å². The molecule has 0 saturated carbocycles. The highest BCUT2D eigenvalue weighted by Gasteiger charge is 2.31. The van der Waals surface area contributed by atoms with Crippen LogP contribution in [0, 0.1) is 0 Å². The maximum absolute atomic E-state index is 12.7. The van der Waals surface area contributed by atoms with Crippen molar-refractivity contribution in [1.82, 2.24) is 14.7 Å². The fourth-order valence-electron chi connectivity index (χ4n) is 3.50. The zero-order chi connectivity index (χ0) is 15.2. The van der Waals surface area contributed by atoms with Crippen molar-refractivity contribution in [2.24, 2.45) is 0 Å². The van der Waals surface area contributed by atoms with Gasteiger partial charge >= 0.3 is 0 Å². The summed E-state index contributed by atoms with van der Waals surface area (Å²) < 4.78 is 0. The second kappa shape index (κ2) is 8.39. The van der Waals surface area contributed by atoms with E-state index in [1.807, 2.05) is 0 Å². The maximum Gasteiger partial charge on any atom is 0.239 e. The number of thioether (sulfide) groups is 1. The molecular weight excluding hydrogens is 282 g/mol. The van der Waals surface area contributed by atoms with Crippen LogP contribution in [0.25, 0.3) is 0 Å². The summed E-state index contributed by atoms with van der Waals surface area (Å²) in [7, 11) is 2.06. The van der Waals surface area contributed by atoms with E-state index >= 15 is 0 Å². The predicted octanol–water partition coefficient (Wildman–Crippen LogP) is 1.76. The Morgan fingerprint density at radius 1 is 1.19 bits per heavy atom. The Bertz CT molecular complexity index is 325. The van der Waals surface area contributed by atoms with E-state index in [1.54, 1.807) is 0 Å². The van der Waals surface area contributed by atoms with Crippen LogP contribution in [-0.2, 0) is 4.79 Å². The number of nitrogens with zero attached hydrogens (tertiary/aromatic N) is 3. The van der Waals surface area contributed by atoms with Gasteiger partial charge in [-0.15, -0.1) is 0 Å². The van der Waals surface area contributed by atoms with Crippen molar-refractivity contribution in [3.63, 3.8) is 0 Å². The predicted molar refractivity (Wildman–Crippen MR) is 90.9 cm³/mol. The van der Waals surface area contributed by atoms with Gasteiger partial charge in [-0.3, -0.25) is 14.6 Å². The third kappa shape index (κ3) is 4.36. The van der Waals surface area contributed by atoms with Crippen LogP contribution in [0.3, 0.4) is 0 Å². The van der Waals surface area contributed by atoms with Gasteiger partial charge in [-0.25, -0.2) is 0 Å². The maximum atomic E-state index is 12.7. The van der Waals surface area contributed by atoms with Crippen molar-refractivity contribution in [1.29, 1.82) is 0 Å². The molecule has 0 N–H and O–H groups in total. The number of likely N-dealkylation sites (tertiary alicyclic amines) is 1. The van der Waals surface area contributed by atoms with Crippen LogP contribution in [0.15, 0.2) is 0 Å². The van der Waals surface area contributed by atoms with E-state index < -0.39 is 0 Å². The summed E-state index contributed by atoms with van der Waals surface area (Å²) in [5.41, 5.74) is 0. The molecule has 0 aromatic heterocycles. The van der Waals surface area contributed by atoms with E-state index in [0.29, 0.717) is 11.9 Å². The van der Waals surface area contributed by atoms with Gasteiger partial charge in [-0.2, -0.15) is 11.8 Å². The fourth-order valence-corrected chi connectivity index (χ4v) is 4.43. The summed E-state index contributed by atoms with van der Waals surface area (Å²) in [6.45, 7) is 9.54. The molecule has 0 radical (unpaired) electrons. The number of amides is 1. The monoisotopic (exact) mass is 313 g/mol. The normalized spacial score (nSPS) is 23.5. The lowest BCUT2D eigenvalue weighted by Gasteiger charge is -2.41. The number of piperidine rings is 1. The first-order chi connectivity index (χ1) is 10.2. The number of likely N-dealkylation sites (N-methyl/N-ethyl adjacent to an activating group) is 1. The molecular formula is C16H31N3OS. The molecule has 21 heavy (non-hydrogen) atoms. The van der Waals surface area contributed by atoms with Gasteiger partial charge in [-0.05, 0) is 32.9 Å². The molecule has 0 spiro atoms. The molecule has 0 aromatic rings. The molecule has 2 rings (SSSR count). The van der Waals surface area contributed by atoms with Crippen molar-refractivity contribution >= 4 is 17.7 Å². The van der Waals surface area contributed by atoms with Crippen LogP contribution in [0.4, 0.5) is 0 Å². The summed E-state index contributed by atoms with van der Waals surface area (Å²) in [6.07, 6.45) is 3.22. The minimum absolute atomic E-state index is 0.0675. The van der Waals surface area contributed by atoms with Crippen LogP contribution in [0.2, 0.25) is 0 Å². The quantitative estimate of drug-likeness (QED) is 0.773. The average molecular weight is 314 g/mol. The zero-order valence-electron chi connectivity index (χ0n) is 13.9. The van der Waals surface area contributed by atoms with Crippen LogP contribution in [0.5, 0.6) is 0 Å². The minimum atomic E-state index is 0.0675. The molecule has 2 aliphatic heterocycles. The smallest absolute Gasteiger partial charge is 0.239 e. The molecule has 1 atom stereocenters. The molecule has 2 heterocycles. The van der Waals surface area contributed by atoms with E-state index in [9.17, 15) is 4.79 Å². The fraction of sp³-hybridized carbons (Fsp3) is 0.938. The molecule has 5 heteroatoms. The van der Waals surface area contributed by atoms with Crippen LogP contribution in [0.1, 0.15) is 33.1 Å². The van der Waals surface area contributed by atoms with Gasteiger partial charge in [0.1, 0.15) is 0 Å². The number of hydrogen-bond acceptors (Lipinski definition) is 4. The second-order valence-corrected chi connectivity index (χ2v) is 7.43. The number of carbonyl (C=O) groups is 1. The molecule has 2 fully saturated rings. The van der Waals surface area contributed by atoms with E-state index in [2.05, 4.69) is 47.4 Å². The van der Waals surface area contributed by atoms with Crippen molar-refractivity contribution in [3.8, 4) is 0 Å². The summed E-state index contributed by atoms with van der Waals surface area (Å²) in [5, 5.41) is 0. The topological polar surface area (TPSA) is 26.8 Å². The van der Waals surface area contributed by atoms with E-state index in [1.165, 1.54) is 24.6 Å². The Balaban J connectivity index is 1.83. The number of carbonyl (C=O) groups excluding carboxylic acids is 1. The Morgan fingerprint density at radius 2 is 1.81 bits per heavy atom. The molecule has 4 nitrogen and oxygen atoms in total. The summed E-state index contributed by atoms with van der Waals surface area (Å²) in [4.78, 5) is 19.6. The highest BCUT2D eigenvalue weighted by Crippen LogP contribution is 2.21. The SMILES string of the molecule is CCC(C(=O)N1CCC(N2CCSCC2)CC1)N(C)CC. The third-order valence-corrected chi connectivity index (χ3v) is 5.98. The summed E-state index contributed by atoms with van der Waals surface area (Å²) >= 11 is 2.07. The summed E-state index contributed by atoms with van der Waals surface area (Å²) in [5.74, 6) is 2.89. The van der Waals surface area contributed by atoms with E-state index in [4.69, 9.17) is 0 Å². The lowest BCUT2D eigenvalue weighted by Crippen LogP contribution is -2.53. The van der Waals surface area contributed by atoms with E-state index in [-0.39, 0.29) is 6.04 Å². The molecule has 2 saturated heterocycles. The van der Waals surface area contributed by atoms with Crippen molar-refractivity contribution in [2.45, 2.75) is 45.2 Å². The Kier molecular flexibility index (Phi) is 6.83. The van der Waals surface area contributed by atoms with Crippen molar-refractivity contribution in [2.75, 3.05) is 51.3 Å². The molecule has 122 valence electrons. The average Bonchev–Trinajstić information content (AvgIpc) is 2.56. The molecule has 0 bridgehead atoms. The summed E-state index contributed by atoms with van der Waals surface area (Å²) in [6, 6.07) is 0.775. The highest BCUT2D eigenvalue weighted by atomic mass is 32.2. The Hall–Kier alpha value is -0.260. The van der Waals surface area contributed by atoms with Gasteiger partial charge in [0.15, 0.2) is 0 Å². The van der Waals surface area contributed by atoms with Gasteiger partial charge < -0.3 is 4.90 Å². The first-order valence-corrected chi connectivity index (χ1v) is 9.63.